The van der Waals surface area contributed by atoms with Crippen LogP contribution in [0.3, 0.4) is 0 Å². The summed E-state index contributed by atoms with van der Waals surface area (Å²) in [6.07, 6.45) is 2.25. The van der Waals surface area contributed by atoms with E-state index in [1.807, 2.05) is 13.0 Å². The van der Waals surface area contributed by atoms with E-state index in [1.54, 1.807) is 18.2 Å². The molecule has 17 heavy (non-hydrogen) atoms. The van der Waals surface area contributed by atoms with Crippen molar-refractivity contribution in [3.05, 3.63) is 28.7 Å². The Bertz CT molecular complexity index is 459. The zero-order chi connectivity index (χ0) is 12.9. The summed E-state index contributed by atoms with van der Waals surface area (Å²) in [5.41, 5.74) is 5.76. The lowest BCUT2D eigenvalue weighted by molar-refractivity contribution is 0.567. The van der Waals surface area contributed by atoms with E-state index in [-0.39, 0.29) is 11.8 Å². The second kappa shape index (κ2) is 6.52. The third-order valence-electron chi connectivity index (χ3n) is 2.67. The quantitative estimate of drug-likeness (QED) is 0.877. The minimum atomic E-state index is -3.17. The average Bonchev–Trinajstić information content (AvgIpc) is 2.28. The molecule has 0 aliphatic carbocycles. The molecule has 0 radical (unpaired) electrons. The van der Waals surface area contributed by atoms with Crippen molar-refractivity contribution in [1.29, 1.82) is 0 Å². The molecule has 0 saturated heterocycles. The zero-order valence-electron chi connectivity index (χ0n) is 9.90. The van der Waals surface area contributed by atoms with Gasteiger partial charge in [0, 0.05) is 10.5 Å². The van der Waals surface area contributed by atoms with Crippen LogP contribution in [-0.4, -0.2) is 20.2 Å². The van der Waals surface area contributed by atoms with Crippen molar-refractivity contribution in [3.63, 3.8) is 0 Å². The summed E-state index contributed by atoms with van der Waals surface area (Å²) in [5, 5.41) is 0. The van der Waals surface area contributed by atoms with E-state index in [0.29, 0.717) is 11.3 Å². The lowest BCUT2D eigenvalue weighted by Gasteiger charge is -2.08. The van der Waals surface area contributed by atoms with Gasteiger partial charge in [-0.15, -0.1) is 0 Å². The van der Waals surface area contributed by atoms with Gasteiger partial charge in [-0.3, -0.25) is 0 Å². The first-order valence-corrected chi connectivity index (χ1v) is 8.14. The highest BCUT2D eigenvalue weighted by Gasteiger charge is 2.14. The summed E-state index contributed by atoms with van der Waals surface area (Å²) in [4.78, 5) is 0.372. The SMILES string of the molecule is CCC(N)CCCS(=O)(=O)c1cccc(Br)c1. The van der Waals surface area contributed by atoms with E-state index in [4.69, 9.17) is 5.73 Å². The molecular weight excluding hydrogens is 302 g/mol. The zero-order valence-corrected chi connectivity index (χ0v) is 12.3. The fraction of sp³-hybridized carbons (Fsp3) is 0.500. The lowest BCUT2D eigenvalue weighted by atomic mass is 10.1. The first-order valence-electron chi connectivity index (χ1n) is 5.69. The van der Waals surface area contributed by atoms with E-state index >= 15 is 0 Å². The Morgan fingerprint density at radius 3 is 2.71 bits per heavy atom. The number of nitrogens with two attached hydrogens (primary N) is 1. The van der Waals surface area contributed by atoms with Gasteiger partial charge in [0.15, 0.2) is 9.84 Å². The second-order valence-corrected chi connectivity index (χ2v) is 7.11. The molecule has 0 spiro atoms. The van der Waals surface area contributed by atoms with Crippen molar-refractivity contribution in [2.24, 2.45) is 5.73 Å². The molecule has 5 heteroatoms. The molecule has 1 aromatic rings. The molecule has 0 aromatic heterocycles. The maximum atomic E-state index is 12.0. The Hall–Kier alpha value is -0.390. The van der Waals surface area contributed by atoms with Crippen LogP contribution in [0, 0.1) is 0 Å². The van der Waals surface area contributed by atoms with Crippen LogP contribution < -0.4 is 5.73 Å². The van der Waals surface area contributed by atoms with E-state index in [2.05, 4.69) is 15.9 Å². The standard InChI is InChI=1S/C12H18BrNO2S/c1-2-11(14)6-4-8-17(15,16)12-7-3-5-10(13)9-12/h3,5,7,9,11H,2,4,6,8,14H2,1H3. The summed E-state index contributed by atoms with van der Waals surface area (Å²) in [7, 11) is -3.17. The Balaban J connectivity index is 2.63. The maximum Gasteiger partial charge on any atom is 0.178 e. The number of benzene rings is 1. The Morgan fingerprint density at radius 2 is 2.12 bits per heavy atom. The molecule has 0 fully saturated rings. The molecule has 0 saturated carbocycles. The molecule has 1 aromatic carbocycles. The number of rotatable bonds is 6. The lowest BCUT2D eigenvalue weighted by Crippen LogP contribution is -2.19. The van der Waals surface area contributed by atoms with Gasteiger partial charge < -0.3 is 5.73 Å². The first kappa shape index (κ1) is 14.7. The molecule has 0 aliphatic rings. The Morgan fingerprint density at radius 1 is 1.41 bits per heavy atom. The molecule has 0 bridgehead atoms. The Kier molecular flexibility index (Phi) is 5.62. The summed E-state index contributed by atoms with van der Waals surface area (Å²) in [5.74, 6) is 0.164. The monoisotopic (exact) mass is 319 g/mol. The maximum absolute atomic E-state index is 12.0. The van der Waals surface area contributed by atoms with Crippen molar-refractivity contribution in [1.82, 2.24) is 0 Å². The fourth-order valence-corrected chi connectivity index (χ4v) is 3.44. The molecule has 3 nitrogen and oxygen atoms in total. The van der Waals surface area contributed by atoms with Crippen LogP contribution in [0.1, 0.15) is 26.2 Å². The van der Waals surface area contributed by atoms with Crippen LogP contribution in [0.15, 0.2) is 33.6 Å². The van der Waals surface area contributed by atoms with Crippen molar-refractivity contribution in [3.8, 4) is 0 Å². The topological polar surface area (TPSA) is 60.2 Å². The van der Waals surface area contributed by atoms with Gasteiger partial charge in [-0.25, -0.2) is 8.42 Å². The Labute approximate surface area is 111 Å². The third-order valence-corrected chi connectivity index (χ3v) is 4.96. The van der Waals surface area contributed by atoms with Crippen molar-refractivity contribution in [2.75, 3.05) is 5.75 Å². The number of sulfone groups is 1. The summed E-state index contributed by atoms with van der Waals surface area (Å²) in [6.45, 7) is 2.01. The van der Waals surface area contributed by atoms with Crippen molar-refractivity contribution >= 4 is 25.8 Å². The molecule has 0 aliphatic heterocycles. The largest absolute Gasteiger partial charge is 0.328 e. The van der Waals surface area contributed by atoms with Gasteiger partial charge in [0.25, 0.3) is 0 Å². The molecule has 0 heterocycles. The highest BCUT2D eigenvalue weighted by atomic mass is 79.9. The van der Waals surface area contributed by atoms with Crippen LogP contribution in [-0.2, 0) is 9.84 Å². The van der Waals surface area contributed by atoms with Gasteiger partial charge in [0.2, 0.25) is 0 Å². The van der Waals surface area contributed by atoms with Crippen LogP contribution in [0.4, 0.5) is 0 Å². The predicted octanol–water partition coefficient (Wildman–Crippen LogP) is 2.74. The van der Waals surface area contributed by atoms with Gasteiger partial charge >= 0.3 is 0 Å². The van der Waals surface area contributed by atoms with Gasteiger partial charge in [-0.05, 0) is 37.5 Å². The van der Waals surface area contributed by atoms with E-state index in [1.165, 1.54) is 0 Å². The highest BCUT2D eigenvalue weighted by Crippen LogP contribution is 2.18. The van der Waals surface area contributed by atoms with Crippen LogP contribution in [0.2, 0.25) is 0 Å². The van der Waals surface area contributed by atoms with E-state index in [0.717, 1.165) is 17.3 Å². The predicted molar refractivity (Wildman–Crippen MR) is 73.7 cm³/mol. The van der Waals surface area contributed by atoms with E-state index < -0.39 is 9.84 Å². The minimum absolute atomic E-state index is 0.104. The van der Waals surface area contributed by atoms with Gasteiger partial charge in [0.1, 0.15) is 0 Å². The van der Waals surface area contributed by atoms with Crippen LogP contribution in [0.25, 0.3) is 0 Å². The number of hydrogen-bond acceptors (Lipinski definition) is 3. The highest BCUT2D eigenvalue weighted by molar-refractivity contribution is 9.10. The number of halogens is 1. The van der Waals surface area contributed by atoms with Crippen LogP contribution >= 0.6 is 15.9 Å². The normalized spacial score (nSPS) is 13.6. The average molecular weight is 320 g/mol. The van der Waals surface area contributed by atoms with Gasteiger partial charge in [-0.1, -0.05) is 28.9 Å². The molecule has 2 N–H and O–H groups in total. The molecule has 1 unspecified atom stereocenters. The van der Waals surface area contributed by atoms with Crippen LogP contribution in [0.5, 0.6) is 0 Å². The third kappa shape index (κ3) is 4.77. The smallest absolute Gasteiger partial charge is 0.178 e. The van der Waals surface area contributed by atoms with Crippen molar-refractivity contribution in [2.45, 2.75) is 37.1 Å². The molecule has 0 amide bonds. The summed E-state index contributed by atoms with van der Waals surface area (Å²) < 4.78 is 24.8. The van der Waals surface area contributed by atoms with Gasteiger partial charge in [0.05, 0.1) is 10.6 Å². The summed E-state index contributed by atoms with van der Waals surface area (Å²) >= 11 is 3.27. The second-order valence-electron chi connectivity index (χ2n) is 4.09. The number of hydrogen-bond donors (Lipinski definition) is 1. The molecule has 1 atom stereocenters. The fourth-order valence-electron chi connectivity index (χ4n) is 1.52. The molecule has 96 valence electrons. The van der Waals surface area contributed by atoms with Crippen molar-refractivity contribution < 1.29 is 8.42 Å². The molecule has 1 rings (SSSR count). The summed E-state index contributed by atoms with van der Waals surface area (Å²) in [6, 6.07) is 6.91. The molecular formula is C12H18BrNO2S. The first-order chi connectivity index (χ1) is 7.95. The minimum Gasteiger partial charge on any atom is -0.328 e. The van der Waals surface area contributed by atoms with E-state index in [9.17, 15) is 8.42 Å². The van der Waals surface area contributed by atoms with Gasteiger partial charge in [-0.2, -0.15) is 0 Å².